The van der Waals surface area contributed by atoms with Crippen LogP contribution in [0.5, 0.6) is 0 Å². The summed E-state index contributed by atoms with van der Waals surface area (Å²) >= 11 is 6.30. The average molecular weight is 440 g/mol. The van der Waals surface area contributed by atoms with Gasteiger partial charge in [0, 0.05) is 36.2 Å². The van der Waals surface area contributed by atoms with E-state index in [9.17, 15) is 4.79 Å². The highest BCUT2D eigenvalue weighted by atomic mass is 35.5. The number of benzene rings is 1. The van der Waals surface area contributed by atoms with Crippen molar-refractivity contribution in [3.63, 3.8) is 0 Å². The van der Waals surface area contributed by atoms with Gasteiger partial charge in [0.05, 0.1) is 5.69 Å². The van der Waals surface area contributed by atoms with Gasteiger partial charge in [-0.15, -0.1) is 0 Å². The summed E-state index contributed by atoms with van der Waals surface area (Å²) in [6.07, 6.45) is 5.08. The van der Waals surface area contributed by atoms with E-state index >= 15 is 0 Å². The van der Waals surface area contributed by atoms with Crippen LogP contribution in [0.25, 0.3) is 0 Å². The number of anilines is 1. The van der Waals surface area contributed by atoms with E-state index in [2.05, 4.69) is 41.6 Å². The molecule has 1 aliphatic carbocycles. The fraction of sp³-hybridized carbons (Fsp3) is 0.542. The Hall–Kier alpha value is -2.18. The number of hydrogen-bond donors (Lipinski definition) is 2. The minimum Gasteiger partial charge on any atom is -0.351 e. The normalized spacial score (nSPS) is 22.7. The van der Waals surface area contributed by atoms with Gasteiger partial charge in [-0.3, -0.25) is 4.79 Å². The maximum absolute atomic E-state index is 13.4. The van der Waals surface area contributed by atoms with Crippen LogP contribution in [-0.4, -0.2) is 45.4 Å². The number of nitrogens with zero attached hydrogens (tertiary/aromatic N) is 3. The molecule has 164 valence electrons. The SMILES string of the molecule is CC1(C)CC(c2cc(Cl)nc(NC3CC3)n2)CCN1C(=O)c1ccc2c(c1)CNCC2. The van der Waals surface area contributed by atoms with Gasteiger partial charge in [0.25, 0.3) is 5.91 Å². The Kier molecular flexibility index (Phi) is 5.39. The highest BCUT2D eigenvalue weighted by Crippen LogP contribution is 2.38. The summed E-state index contributed by atoms with van der Waals surface area (Å²) in [4.78, 5) is 24.6. The van der Waals surface area contributed by atoms with Gasteiger partial charge in [-0.2, -0.15) is 0 Å². The molecule has 2 aliphatic heterocycles. The Morgan fingerprint density at radius 3 is 2.81 bits per heavy atom. The molecule has 0 spiro atoms. The molecule has 1 aromatic heterocycles. The van der Waals surface area contributed by atoms with E-state index in [-0.39, 0.29) is 17.4 Å². The largest absolute Gasteiger partial charge is 0.351 e. The molecule has 1 saturated heterocycles. The molecule has 1 aromatic carbocycles. The Balaban J connectivity index is 1.33. The fourth-order valence-electron chi connectivity index (χ4n) is 4.92. The molecule has 2 aromatic rings. The van der Waals surface area contributed by atoms with E-state index in [1.54, 1.807) is 0 Å². The lowest BCUT2D eigenvalue weighted by atomic mass is 9.80. The Morgan fingerprint density at radius 2 is 2.03 bits per heavy atom. The molecular formula is C24H30ClN5O. The summed E-state index contributed by atoms with van der Waals surface area (Å²) < 4.78 is 0. The molecule has 2 fully saturated rings. The lowest BCUT2D eigenvalue weighted by Gasteiger charge is -2.45. The van der Waals surface area contributed by atoms with Gasteiger partial charge < -0.3 is 15.5 Å². The number of carbonyl (C=O) groups is 1. The monoisotopic (exact) mass is 439 g/mol. The molecule has 3 aliphatic rings. The van der Waals surface area contributed by atoms with Crippen LogP contribution >= 0.6 is 11.6 Å². The number of likely N-dealkylation sites (tertiary alicyclic amines) is 1. The lowest BCUT2D eigenvalue weighted by molar-refractivity contribution is 0.0391. The number of piperidine rings is 1. The summed E-state index contributed by atoms with van der Waals surface area (Å²) in [6.45, 7) is 6.87. The van der Waals surface area contributed by atoms with Gasteiger partial charge in [0.2, 0.25) is 5.95 Å². The number of nitrogens with one attached hydrogen (secondary N) is 2. The predicted molar refractivity (Wildman–Crippen MR) is 123 cm³/mol. The van der Waals surface area contributed by atoms with E-state index in [0.29, 0.717) is 23.7 Å². The summed E-state index contributed by atoms with van der Waals surface area (Å²) in [5.74, 6) is 1.00. The van der Waals surface area contributed by atoms with Crippen LogP contribution in [0.1, 0.15) is 72.6 Å². The first-order valence-electron chi connectivity index (χ1n) is 11.3. The molecule has 31 heavy (non-hydrogen) atoms. The lowest BCUT2D eigenvalue weighted by Crippen LogP contribution is -2.52. The maximum atomic E-state index is 13.4. The zero-order valence-corrected chi connectivity index (χ0v) is 19.0. The zero-order valence-electron chi connectivity index (χ0n) is 18.2. The molecule has 1 amide bonds. The number of halogens is 1. The van der Waals surface area contributed by atoms with Gasteiger partial charge >= 0.3 is 0 Å². The van der Waals surface area contributed by atoms with Crippen LogP contribution in [0.2, 0.25) is 5.15 Å². The van der Waals surface area contributed by atoms with Crippen molar-refractivity contribution in [1.29, 1.82) is 0 Å². The van der Waals surface area contributed by atoms with Crippen molar-refractivity contribution in [1.82, 2.24) is 20.2 Å². The summed E-state index contributed by atoms with van der Waals surface area (Å²) in [5.41, 5.74) is 4.09. The standard InChI is InChI=1S/C24H30ClN5O/c1-24(2)13-17(20-12-21(25)29-23(28-20)27-19-5-6-19)8-10-30(24)22(31)16-4-3-15-7-9-26-14-18(15)11-16/h3-4,11-12,17,19,26H,5-10,13-14H2,1-2H3,(H,27,28,29). The summed E-state index contributed by atoms with van der Waals surface area (Å²) in [7, 11) is 0. The van der Waals surface area contributed by atoms with Crippen molar-refractivity contribution >= 4 is 23.5 Å². The maximum Gasteiger partial charge on any atom is 0.254 e. The molecule has 5 rings (SSSR count). The minimum atomic E-state index is -0.268. The fourth-order valence-corrected chi connectivity index (χ4v) is 5.11. The van der Waals surface area contributed by atoms with Crippen LogP contribution in [0.4, 0.5) is 5.95 Å². The molecule has 3 heterocycles. The number of rotatable bonds is 4. The van der Waals surface area contributed by atoms with Gasteiger partial charge in [-0.1, -0.05) is 17.7 Å². The first-order valence-corrected chi connectivity index (χ1v) is 11.7. The third kappa shape index (κ3) is 4.41. The van der Waals surface area contributed by atoms with Crippen molar-refractivity contribution in [2.24, 2.45) is 0 Å². The van der Waals surface area contributed by atoms with E-state index in [4.69, 9.17) is 16.6 Å². The molecule has 6 nitrogen and oxygen atoms in total. The number of amides is 1. The molecular weight excluding hydrogens is 410 g/mol. The number of aromatic nitrogens is 2. The molecule has 0 radical (unpaired) electrons. The number of fused-ring (bicyclic) bond motifs is 1. The van der Waals surface area contributed by atoms with Crippen molar-refractivity contribution in [3.8, 4) is 0 Å². The topological polar surface area (TPSA) is 70.2 Å². The van der Waals surface area contributed by atoms with Gasteiger partial charge in [-0.05, 0) is 81.8 Å². The molecule has 7 heteroatoms. The van der Waals surface area contributed by atoms with E-state index in [0.717, 1.165) is 56.5 Å². The summed E-state index contributed by atoms with van der Waals surface area (Å²) in [6, 6.07) is 8.56. The Morgan fingerprint density at radius 1 is 1.19 bits per heavy atom. The first kappa shape index (κ1) is 20.7. The highest BCUT2D eigenvalue weighted by Gasteiger charge is 2.39. The van der Waals surface area contributed by atoms with Crippen LogP contribution in [0.3, 0.4) is 0 Å². The quantitative estimate of drug-likeness (QED) is 0.700. The second-order valence-electron chi connectivity index (χ2n) is 9.73. The molecule has 1 saturated carbocycles. The first-order chi connectivity index (χ1) is 14.9. The average Bonchev–Trinajstić information content (AvgIpc) is 3.55. The summed E-state index contributed by atoms with van der Waals surface area (Å²) in [5, 5.41) is 7.23. The second kappa shape index (κ2) is 8.06. The molecule has 1 unspecified atom stereocenters. The molecule has 2 N–H and O–H groups in total. The van der Waals surface area contributed by atoms with Gasteiger partial charge in [0.1, 0.15) is 5.15 Å². The minimum absolute atomic E-state index is 0.119. The van der Waals surface area contributed by atoms with Gasteiger partial charge in [-0.25, -0.2) is 9.97 Å². The van der Waals surface area contributed by atoms with Crippen molar-refractivity contribution in [3.05, 3.63) is 51.8 Å². The highest BCUT2D eigenvalue weighted by molar-refractivity contribution is 6.29. The Bertz CT molecular complexity index is 1000. The third-order valence-corrected chi connectivity index (χ3v) is 7.00. The van der Waals surface area contributed by atoms with Gasteiger partial charge in [0.15, 0.2) is 0 Å². The Labute approximate surface area is 188 Å². The predicted octanol–water partition coefficient (Wildman–Crippen LogP) is 4.15. The molecule has 0 bridgehead atoms. The van der Waals surface area contributed by atoms with Crippen LogP contribution in [0.15, 0.2) is 24.3 Å². The van der Waals surface area contributed by atoms with Crippen molar-refractivity contribution in [2.75, 3.05) is 18.4 Å². The number of hydrogen-bond acceptors (Lipinski definition) is 5. The molecule has 1 atom stereocenters. The third-order valence-electron chi connectivity index (χ3n) is 6.81. The van der Waals surface area contributed by atoms with E-state index < -0.39 is 0 Å². The second-order valence-corrected chi connectivity index (χ2v) is 10.1. The van der Waals surface area contributed by atoms with E-state index in [1.165, 1.54) is 11.1 Å². The number of carbonyl (C=O) groups excluding carboxylic acids is 1. The van der Waals surface area contributed by atoms with Crippen molar-refractivity contribution < 1.29 is 4.79 Å². The van der Waals surface area contributed by atoms with Crippen molar-refractivity contribution in [2.45, 2.75) is 70.0 Å². The zero-order chi connectivity index (χ0) is 21.6. The van der Waals surface area contributed by atoms with Crippen LogP contribution in [0, 0.1) is 0 Å². The van der Waals surface area contributed by atoms with Crippen LogP contribution < -0.4 is 10.6 Å². The van der Waals surface area contributed by atoms with Crippen LogP contribution in [-0.2, 0) is 13.0 Å². The van der Waals surface area contributed by atoms with E-state index in [1.807, 2.05) is 17.0 Å². The smallest absolute Gasteiger partial charge is 0.254 e.